The number of nitrogens with zero attached hydrogens (tertiary/aromatic N) is 4. The lowest BCUT2D eigenvalue weighted by molar-refractivity contribution is 0.222. The van der Waals surface area contributed by atoms with Gasteiger partial charge < -0.3 is 4.90 Å². The Morgan fingerprint density at radius 2 is 1.95 bits per heavy atom. The molecule has 5 nitrogen and oxygen atoms in total. The summed E-state index contributed by atoms with van der Waals surface area (Å²) in [6.45, 7) is 4.20. The van der Waals surface area contributed by atoms with Gasteiger partial charge in [-0.2, -0.15) is 0 Å². The second-order valence-corrected chi connectivity index (χ2v) is 5.37. The van der Waals surface area contributed by atoms with Crippen LogP contribution in [-0.4, -0.2) is 39.1 Å². The minimum Gasteiger partial charge on any atom is -0.303 e. The van der Waals surface area contributed by atoms with Crippen molar-refractivity contribution in [1.29, 1.82) is 0 Å². The molecule has 0 aromatic carbocycles. The zero-order chi connectivity index (χ0) is 13.8. The normalized spacial score (nSPS) is 16.6. The van der Waals surface area contributed by atoms with Crippen molar-refractivity contribution in [2.45, 2.75) is 32.2 Å². The lowest BCUT2D eigenvalue weighted by Gasteiger charge is -2.26. The van der Waals surface area contributed by atoms with Crippen LogP contribution < -0.4 is 5.56 Å². The lowest BCUT2D eigenvalue weighted by Crippen LogP contribution is -2.32. The Morgan fingerprint density at radius 3 is 2.80 bits per heavy atom. The molecule has 2 aromatic rings. The molecule has 3 rings (SSSR count). The van der Waals surface area contributed by atoms with Gasteiger partial charge in [0, 0.05) is 12.7 Å². The van der Waals surface area contributed by atoms with Crippen molar-refractivity contribution in [3.63, 3.8) is 0 Å². The van der Waals surface area contributed by atoms with Crippen LogP contribution in [0.15, 0.2) is 29.5 Å². The number of aryl methyl sites for hydroxylation is 1. The molecule has 106 valence electrons. The molecule has 2 aromatic heterocycles. The van der Waals surface area contributed by atoms with E-state index in [1.54, 1.807) is 29.2 Å². The average Bonchev–Trinajstić information content (AvgIpc) is 2.51. The Labute approximate surface area is 118 Å². The van der Waals surface area contributed by atoms with Crippen LogP contribution in [0.5, 0.6) is 0 Å². The Bertz CT molecular complexity index is 631. The largest absolute Gasteiger partial charge is 0.303 e. The number of fused-ring (bicyclic) bond motifs is 1. The smallest absolute Gasteiger partial charge is 0.262 e. The first kappa shape index (κ1) is 13.2. The molecule has 0 bridgehead atoms. The molecule has 1 aliphatic rings. The summed E-state index contributed by atoms with van der Waals surface area (Å²) in [6, 6.07) is 3.57. The monoisotopic (exact) mass is 272 g/mol. The molecule has 5 heteroatoms. The van der Waals surface area contributed by atoms with E-state index >= 15 is 0 Å². The van der Waals surface area contributed by atoms with Gasteiger partial charge in [0.15, 0.2) is 5.65 Å². The molecule has 1 aliphatic heterocycles. The van der Waals surface area contributed by atoms with Gasteiger partial charge in [0.1, 0.15) is 0 Å². The number of likely N-dealkylation sites (tertiary alicyclic amines) is 1. The number of hydrogen-bond acceptors (Lipinski definition) is 4. The summed E-state index contributed by atoms with van der Waals surface area (Å²) in [5.74, 6) is 0. The van der Waals surface area contributed by atoms with Gasteiger partial charge in [0.05, 0.1) is 11.7 Å². The Hall–Kier alpha value is -1.75. The van der Waals surface area contributed by atoms with E-state index in [0.717, 1.165) is 19.5 Å². The van der Waals surface area contributed by atoms with Crippen molar-refractivity contribution >= 4 is 11.0 Å². The van der Waals surface area contributed by atoms with E-state index in [4.69, 9.17) is 0 Å². The zero-order valence-corrected chi connectivity index (χ0v) is 11.7. The molecule has 0 N–H and O–H groups in total. The maximum absolute atomic E-state index is 12.3. The SMILES string of the molecule is O=c1c2cccnc2ncn1CCCN1CCCCC1. The molecule has 1 fully saturated rings. The van der Waals surface area contributed by atoms with Gasteiger partial charge >= 0.3 is 0 Å². The molecule has 20 heavy (non-hydrogen) atoms. The van der Waals surface area contributed by atoms with Gasteiger partial charge in [-0.25, -0.2) is 9.97 Å². The Morgan fingerprint density at radius 1 is 1.10 bits per heavy atom. The van der Waals surface area contributed by atoms with Crippen molar-refractivity contribution in [3.05, 3.63) is 35.0 Å². The van der Waals surface area contributed by atoms with Crippen molar-refractivity contribution < 1.29 is 0 Å². The van der Waals surface area contributed by atoms with Crippen LogP contribution in [0.1, 0.15) is 25.7 Å². The molecule has 0 spiro atoms. The molecule has 0 atom stereocenters. The number of piperidine rings is 1. The summed E-state index contributed by atoms with van der Waals surface area (Å²) in [5, 5.41) is 0.605. The van der Waals surface area contributed by atoms with E-state index < -0.39 is 0 Å². The molecular weight excluding hydrogens is 252 g/mol. The number of pyridine rings is 1. The van der Waals surface area contributed by atoms with Crippen LogP contribution in [0.4, 0.5) is 0 Å². The molecule has 0 amide bonds. The van der Waals surface area contributed by atoms with Gasteiger partial charge in [-0.1, -0.05) is 6.42 Å². The van der Waals surface area contributed by atoms with Crippen molar-refractivity contribution in [1.82, 2.24) is 19.4 Å². The summed E-state index contributed by atoms with van der Waals surface area (Å²) in [4.78, 5) is 23.1. The predicted octanol–water partition coefficient (Wildman–Crippen LogP) is 1.67. The minimum atomic E-state index is 0.0155. The molecule has 0 saturated carbocycles. The standard InChI is InChI=1S/C15H20N4O/c20-15-13-6-4-7-16-14(13)17-12-19(15)11-5-10-18-8-2-1-3-9-18/h4,6-7,12H,1-3,5,8-11H2. The summed E-state index contributed by atoms with van der Waals surface area (Å²) >= 11 is 0. The maximum Gasteiger partial charge on any atom is 0.262 e. The predicted molar refractivity (Wildman–Crippen MR) is 78.7 cm³/mol. The van der Waals surface area contributed by atoms with Crippen molar-refractivity contribution in [2.24, 2.45) is 0 Å². The van der Waals surface area contributed by atoms with Gasteiger partial charge in [-0.15, -0.1) is 0 Å². The molecule has 0 radical (unpaired) electrons. The third kappa shape index (κ3) is 2.88. The van der Waals surface area contributed by atoms with Crippen LogP contribution in [-0.2, 0) is 6.54 Å². The molecule has 0 aliphatic carbocycles. The topological polar surface area (TPSA) is 51.0 Å². The zero-order valence-electron chi connectivity index (χ0n) is 11.7. The summed E-state index contributed by atoms with van der Waals surface area (Å²) in [5.41, 5.74) is 0.548. The first-order chi connectivity index (χ1) is 9.84. The fourth-order valence-electron chi connectivity index (χ4n) is 2.81. The number of aromatic nitrogens is 3. The first-order valence-electron chi connectivity index (χ1n) is 7.37. The highest BCUT2D eigenvalue weighted by atomic mass is 16.1. The van der Waals surface area contributed by atoms with E-state index in [1.165, 1.54) is 32.4 Å². The van der Waals surface area contributed by atoms with E-state index in [-0.39, 0.29) is 5.56 Å². The van der Waals surface area contributed by atoms with Crippen molar-refractivity contribution in [3.8, 4) is 0 Å². The summed E-state index contributed by atoms with van der Waals surface area (Å²) in [7, 11) is 0. The average molecular weight is 272 g/mol. The van der Waals surface area contributed by atoms with Gasteiger partial charge in [0.2, 0.25) is 0 Å². The van der Waals surface area contributed by atoms with Gasteiger partial charge in [-0.3, -0.25) is 9.36 Å². The van der Waals surface area contributed by atoms with Crippen LogP contribution in [0.2, 0.25) is 0 Å². The molecular formula is C15H20N4O. The molecule has 0 unspecified atom stereocenters. The fourth-order valence-corrected chi connectivity index (χ4v) is 2.81. The van der Waals surface area contributed by atoms with Crippen LogP contribution in [0, 0.1) is 0 Å². The van der Waals surface area contributed by atoms with E-state index in [0.29, 0.717) is 11.0 Å². The third-order valence-electron chi connectivity index (χ3n) is 3.92. The van der Waals surface area contributed by atoms with Crippen molar-refractivity contribution in [2.75, 3.05) is 19.6 Å². The van der Waals surface area contributed by atoms with Gasteiger partial charge in [-0.05, 0) is 51.0 Å². The quantitative estimate of drug-likeness (QED) is 0.849. The minimum absolute atomic E-state index is 0.0155. The van der Waals surface area contributed by atoms with E-state index in [9.17, 15) is 4.79 Å². The second kappa shape index (κ2) is 6.13. The van der Waals surface area contributed by atoms with Crippen LogP contribution in [0.25, 0.3) is 11.0 Å². The molecule has 3 heterocycles. The summed E-state index contributed by atoms with van der Waals surface area (Å²) < 4.78 is 1.70. The van der Waals surface area contributed by atoms with Crippen LogP contribution >= 0.6 is 0 Å². The fraction of sp³-hybridized carbons (Fsp3) is 0.533. The lowest BCUT2D eigenvalue weighted by atomic mass is 10.1. The highest BCUT2D eigenvalue weighted by Gasteiger charge is 2.10. The van der Waals surface area contributed by atoms with Gasteiger partial charge in [0.25, 0.3) is 5.56 Å². The number of hydrogen-bond donors (Lipinski definition) is 0. The van der Waals surface area contributed by atoms with E-state index in [1.807, 2.05) is 0 Å². The number of rotatable bonds is 4. The second-order valence-electron chi connectivity index (χ2n) is 5.37. The first-order valence-corrected chi connectivity index (χ1v) is 7.37. The Kier molecular flexibility index (Phi) is 4.06. The maximum atomic E-state index is 12.3. The Balaban J connectivity index is 1.65. The highest BCUT2D eigenvalue weighted by molar-refractivity contribution is 5.72. The van der Waals surface area contributed by atoms with E-state index in [2.05, 4.69) is 14.9 Å². The highest BCUT2D eigenvalue weighted by Crippen LogP contribution is 2.09. The molecule has 1 saturated heterocycles. The summed E-state index contributed by atoms with van der Waals surface area (Å²) in [6.07, 6.45) is 8.25. The third-order valence-corrected chi connectivity index (χ3v) is 3.92. The van der Waals surface area contributed by atoms with Crippen LogP contribution in [0.3, 0.4) is 0 Å².